The van der Waals surface area contributed by atoms with Gasteiger partial charge in [-0.2, -0.15) is 0 Å². The number of carbonyl (C=O) groups is 1. The Balaban J connectivity index is 2.43. The first-order valence-corrected chi connectivity index (χ1v) is 6.87. The van der Waals surface area contributed by atoms with E-state index in [-0.39, 0.29) is 18.0 Å². The monoisotopic (exact) mass is 263 g/mol. The summed E-state index contributed by atoms with van der Waals surface area (Å²) >= 11 is 0. The maximum absolute atomic E-state index is 11.7. The number of hydrogen-bond acceptors (Lipinski definition) is 3. The summed E-state index contributed by atoms with van der Waals surface area (Å²) in [5, 5.41) is 2.91. The van der Waals surface area contributed by atoms with Gasteiger partial charge in [0.15, 0.2) is 0 Å². The van der Waals surface area contributed by atoms with Crippen LogP contribution in [-0.2, 0) is 4.79 Å². The summed E-state index contributed by atoms with van der Waals surface area (Å²) in [5.74, 6) is -0.0600. The van der Waals surface area contributed by atoms with Crippen molar-refractivity contribution in [2.24, 2.45) is 5.73 Å². The van der Waals surface area contributed by atoms with Gasteiger partial charge in [-0.05, 0) is 25.5 Å². The van der Waals surface area contributed by atoms with E-state index in [0.717, 1.165) is 18.5 Å². The predicted molar refractivity (Wildman–Crippen MR) is 80.2 cm³/mol. The zero-order valence-corrected chi connectivity index (χ0v) is 12.1. The van der Waals surface area contributed by atoms with E-state index < -0.39 is 0 Å². The third kappa shape index (κ3) is 4.91. The van der Waals surface area contributed by atoms with Crippen LogP contribution in [0.2, 0.25) is 0 Å². The highest BCUT2D eigenvalue weighted by atomic mass is 16.2. The molecular weight excluding hydrogens is 238 g/mol. The number of nitrogens with one attached hydrogen (secondary N) is 1. The molecule has 0 aliphatic heterocycles. The average molecular weight is 263 g/mol. The lowest BCUT2D eigenvalue weighted by Crippen LogP contribution is -2.46. The molecule has 1 aromatic rings. The number of nitrogens with two attached hydrogens (primary N) is 1. The lowest BCUT2D eigenvalue weighted by molar-refractivity contribution is -0.122. The molecule has 0 saturated carbocycles. The van der Waals surface area contributed by atoms with Crippen LogP contribution in [0.5, 0.6) is 0 Å². The molecule has 0 saturated heterocycles. The molecule has 1 rings (SSSR count). The van der Waals surface area contributed by atoms with Crippen molar-refractivity contribution >= 4 is 11.6 Å². The van der Waals surface area contributed by atoms with Gasteiger partial charge in [-0.25, -0.2) is 0 Å². The van der Waals surface area contributed by atoms with Gasteiger partial charge < -0.3 is 16.0 Å². The minimum absolute atomic E-state index is 0.0600. The van der Waals surface area contributed by atoms with E-state index in [9.17, 15) is 4.79 Å². The Morgan fingerprint density at radius 3 is 2.58 bits per heavy atom. The second kappa shape index (κ2) is 7.79. The van der Waals surface area contributed by atoms with E-state index in [1.807, 2.05) is 32.2 Å². The van der Waals surface area contributed by atoms with Crippen molar-refractivity contribution in [1.82, 2.24) is 5.32 Å². The van der Waals surface area contributed by atoms with Gasteiger partial charge in [0.2, 0.25) is 5.91 Å². The SMILES string of the molecule is CCCC(N)C(=O)NCC(C)N(C)c1ccccc1. The summed E-state index contributed by atoms with van der Waals surface area (Å²) in [6, 6.07) is 9.96. The number of hydrogen-bond donors (Lipinski definition) is 2. The molecule has 1 aromatic carbocycles. The van der Waals surface area contributed by atoms with E-state index in [4.69, 9.17) is 5.73 Å². The molecule has 0 radical (unpaired) electrons. The van der Waals surface area contributed by atoms with Crippen LogP contribution in [0.3, 0.4) is 0 Å². The molecule has 1 amide bonds. The number of para-hydroxylation sites is 1. The summed E-state index contributed by atoms with van der Waals surface area (Å²) in [5.41, 5.74) is 6.92. The fraction of sp³-hybridized carbons (Fsp3) is 0.533. The second-order valence-corrected chi connectivity index (χ2v) is 4.94. The molecular formula is C15H25N3O. The first-order valence-electron chi connectivity index (χ1n) is 6.87. The van der Waals surface area contributed by atoms with Crippen LogP contribution >= 0.6 is 0 Å². The zero-order chi connectivity index (χ0) is 14.3. The van der Waals surface area contributed by atoms with Crippen molar-refractivity contribution in [2.75, 3.05) is 18.5 Å². The van der Waals surface area contributed by atoms with Gasteiger partial charge in [-0.3, -0.25) is 4.79 Å². The molecule has 3 N–H and O–H groups in total. The standard InChI is InChI=1S/C15H25N3O/c1-4-8-14(16)15(19)17-11-12(2)18(3)13-9-6-5-7-10-13/h5-7,9-10,12,14H,4,8,11,16H2,1-3H3,(H,17,19). The highest BCUT2D eigenvalue weighted by Gasteiger charge is 2.15. The third-order valence-corrected chi connectivity index (χ3v) is 3.33. The predicted octanol–water partition coefficient (Wildman–Crippen LogP) is 1.75. The highest BCUT2D eigenvalue weighted by Crippen LogP contribution is 2.13. The summed E-state index contributed by atoms with van der Waals surface area (Å²) < 4.78 is 0. The van der Waals surface area contributed by atoms with E-state index in [1.54, 1.807) is 0 Å². The van der Waals surface area contributed by atoms with Crippen LogP contribution in [-0.4, -0.2) is 31.6 Å². The van der Waals surface area contributed by atoms with Crippen molar-refractivity contribution in [3.8, 4) is 0 Å². The Labute approximate surface area is 116 Å². The molecule has 2 unspecified atom stereocenters. The minimum Gasteiger partial charge on any atom is -0.370 e. The van der Waals surface area contributed by atoms with Crippen molar-refractivity contribution in [2.45, 2.75) is 38.8 Å². The molecule has 0 aromatic heterocycles. The smallest absolute Gasteiger partial charge is 0.236 e. The molecule has 0 spiro atoms. The number of rotatable bonds is 7. The molecule has 0 fully saturated rings. The number of benzene rings is 1. The van der Waals surface area contributed by atoms with Crippen LogP contribution in [0.15, 0.2) is 30.3 Å². The van der Waals surface area contributed by atoms with E-state index >= 15 is 0 Å². The number of likely N-dealkylation sites (N-methyl/N-ethyl adjacent to an activating group) is 1. The normalized spacial score (nSPS) is 13.7. The summed E-state index contributed by atoms with van der Waals surface area (Å²) in [6.07, 6.45) is 1.66. The Kier molecular flexibility index (Phi) is 6.36. The average Bonchev–Trinajstić information content (AvgIpc) is 2.44. The maximum Gasteiger partial charge on any atom is 0.236 e. The molecule has 4 nitrogen and oxygen atoms in total. The molecule has 0 aliphatic carbocycles. The first kappa shape index (κ1) is 15.5. The Morgan fingerprint density at radius 1 is 1.37 bits per heavy atom. The van der Waals surface area contributed by atoms with Crippen LogP contribution < -0.4 is 16.0 Å². The van der Waals surface area contributed by atoms with Gasteiger partial charge in [-0.1, -0.05) is 31.5 Å². The van der Waals surface area contributed by atoms with Gasteiger partial charge in [0.05, 0.1) is 6.04 Å². The maximum atomic E-state index is 11.7. The third-order valence-electron chi connectivity index (χ3n) is 3.33. The van der Waals surface area contributed by atoms with E-state index in [1.165, 1.54) is 0 Å². The Hall–Kier alpha value is -1.55. The van der Waals surface area contributed by atoms with Gasteiger partial charge in [0, 0.05) is 25.3 Å². The fourth-order valence-electron chi connectivity index (χ4n) is 1.88. The molecule has 4 heteroatoms. The van der Waals surface area contributed by atoms with Crippen LogP contribution in [0.25, 0.3) is 0 Å². The summed E-state index contributed by atoms with van der Waals surface area (Å²) in [4.78, 5) is 13.9. The molecule has 19 heavy (non-hydrogen) atoms. The van der Waals surface area contributed by atoms with Gasteiger partial charge in [0.1, 0.15) is 0 Å². The van der Waals surface area contributed by atoms with Crippen LogP contribution in [0, 0.1) is 0 Å². The minimum atomic E-state index is -0.390. The summed E-state index contributed by atoms with van der Waals surface area (Å²) in [6.45, 7) is 4.71. The quantitative estimate of drug-likeness (QED) is 0.788. The number of anilines is 1. The van der Waals surface area contributed by atoms with Crippen LogP contribution in [0.1, 0.15) is 26.7 Å². The number of carbonyl (C=O) groups excluding carboxylic acids is 1. The van der Waals surface area contributed by atoms with Crippen molar-refractivity contribution < 1.29 is 4.79 Å². The van der Waals surface area contributed by atoms with Gasteiger partial charge in [0.25, 0.3) is 0 Å². The lowest BCUT2D eigenvalue weighted by Gasteiger charge is -2.27. The first-order chi connectivity index (χ1) is 9.06. The largest absolute Gasteiger partial charge is 0.370 e. The summed E-state index contributed by atoms with van der Waals surface area (Å²) in [7, 11) is 2.03. The lowest BCUT2D eigenvalue weighted by atomic mass is 10.1. The van der Waals surface area contributed by atoms with Crippen molar-refractivity contribution in [3.63, 3.8) is 0 Å². The Bertz CT molecular complexity index is 380. The van der Waals surface area contributed by atoms with Crippen molar-refractivity contribution in [1.29, 1.82) is 0 Å². The fourth-order valence-corrected chi connectivity index (χ4v) is 1.88. The molecule has 0 bridgehead atoms. The van der Waals surface area contributed by atoms with Crippen LogP contribution in [0.4, 0.5) is 5.69 Å². The molecule has 106 valence electrons. The Morgan fingerprint density at radius 2 is 2.00 bits per heavy atom. The molecule has 0 heterocycles. The molecule has 2 atom stereocenters. The molecule has 0 aliphatic rings. The number of nitrogens with zero attached hydrogens (tertiary/aromatic N) is 1. The number of amides is 1. The van der Waals surface area contributed by atoms with Gasteiger partial charge in [-0.15, -0.1) is 0 Å². The van der Waals surface area contributed by atoms with E-state index in [2.05, 4.69) is 29.3 Å². The van der Waals surface area contributed by atoms with E-state index in [0.29, 0.717) is 6.54 Å². The zero-order valence-electron chi connectivity index (χ0n) is 12.1. The van der Waals surface area contributed by atoms with Gasteiger partial charge >= 0.3 is 0 Å². The second-order valence-electron chi connectivity index (χ2n) is 4.94. The highest BCUT2D eigenvalue weighted by molar-refractivity contribution is 5.81. The topological polar surface area (TPSA) is 58.4 Å². The van der Waals surface area contributed by atoms with Crippen molar-refractivity contribution in [3.05, 3.63) is 30.3 Å².